The molecule has 37 heavy (non-hydrogen) atoms. The van der Waals surface area contributed by atoms with E-state index in [4.69, 9.17) is 0 Å². The van der Waals surface area contributed by atoms with Gasteiger partial charge in [0.2, 0.25) is 5.91 Å². The largest absolute Gasteiger partial charge is 0.479 e. The number of aliphatic carboxylic acids is 1. The summed E-state index contributed by atoms with van der Waals surface area (Å²) in [6.07, 6.45) is 1.28. The van der Waals surface area contributed by atoms with E-state index < -0.39 is 41.0 Å². The SMILES string of the molecule is Cc1cccc(C(=O)C2C(c3ccc(F)cc3)N(C(=O)C3CC3)C(C)(C(=O)O)C2c2ccc(F)cc2)c1. The summed E-state index contributed by atoms with van der Waals surface area (Å²) < 4.78 is 27.8. The molecule has 1 aliphatic carbocycles. The van der Waals surface area contributed by atoms with Gasteiger partial charge < -0.3 is 10.0 Å². The Bertz CT molecular complexity index is 1370. The van der Waals surface area contributed by atoms with Crippen LogP contribution in [0.5, 0.6) is 0 Å². The average molecular weight is 504 g/mol. The summed E-state index contributed by atoms with van der Waals surface area (Å²) in [6, 6.07) is 16.9. The second-order valence-corrected chi connectivity index (χ2v) is 10.2. The van der Waals surface area contributed by atoms with E-state index in [1.165, 1.54) is 60.4 Å². The third-order valence-electron chi connectivity index (χ3n) is 7.73. The molecule has 1 saturated heterocycles. The van der Waals surface area contributed by atoms with Crippen molar-refractivity contribution in [3.05, 3.63) is 107 Å². The molecule has 0 aromatic heterocycles. The van der Waals surface area contributed by atoms with Crippen LogP contribution >= 0.6 is 0 Å². The summed E-state index contributed by atoms with van der Waals surface area (Å²) >= 11 is 0. The number of hydrogen-bond donors (Lipinski definition) is 1. The van der Waals surface area contributed by atoms with Gasteiger partial charge in [-0.2, -0.15) is 0 Å². The van der Waals surface area contributed by atoms with Gasteiger partial charge in [0, 0.05) is 17.4 Å². The lowest BCUT2D eigenvalue weighted by Gasteiger charge is -2.38. The van der Waals surface area contributed by atoms with E-state index in [9.17, 15) is 28.3 Å². The average Bonchev–Trinajstić information content (AvgIpc) is 3.68. The number of carboxylic acid groups (broad SMARTS) is 1. The van der Waals surface area contributed by atoms with Crippen molar-refractivity contribution < 1.29 is 28.3 Å². The van der Waals surface area contributed by atoms with Gasteiger partial charge in [0.15, 0.2) is 5.78 Å². The predicted octanol–water partition coefficient (Wildman–Crippen LogP) is 5.69. The molecule has 4 unspecified atom stereocenters. The molecule has 1 heterocycles. The number of benzene rings is 3. The minimum absolute atomic E-state index is 0.328. The van der Waals surface area contributed by atoms with Crippen LogP contribution in [0.25, 0.3) is 0 Å². The first kappa shape index (κ1) is 24.8. The first-order valence-corrected chi connectivity index (χ1v) is 12.3. The predicted molar refractivity (Wildman–Crippen MR) is 133 cm³/mol. The number of rotatable bonds is 6. The summed E-state index contributed by atoms with van der Waals surface area (Å²) in [5.41, 5.74) is 0.333. The molecule has 1 N–H and O–H groups in total. The number of carboxylic acids is 1. The molecule has 1 saturated carbocycles. The van der Waals surface area contributed by atoms with Gasteiger partial charge in [-0.15, -0.1) is 0 Å². The zero-order valence-electron chi connectivity index (χ0n) is 20.5. The molecule has 190 valence electrons. The Morgan fingerprint density at radius 3 is 1.97 bits per heavy atom. The number of halogens is 2. The maximum Gasteiger partial charge on any atom is 0.330 e. The number of carbonyl (C=O) groups is 3. The summed E-state index contributed by atoms with van der Waals surface area (Å²) in [4.78, 5) is 42.5. The van der Waals surface area contributed by atoms with Gasteiger partial charge in [-0.1, -0.05) is 48.0 Å². The molecule has 7 heteroatoms. The molecule has 5 nitrogen and oxygen atoms in total. The number of Topliss-reactive ketones (excluding diaryl/α,β-unsaturated/α-hetero) is 1. The van der Waals surface area contributed by atoms with Crippen molar-refractivity contribution in [1.82, 2.24) is 4.90 Å². The van der Waals surface area contributed by atoms with Gasteiger partial charge in [-0.3, -0.25) is 9.59 Å². The van der Waals surface area contributed by atoms with Crippen molar-refractivity contribution in [2.45, 2.75) is 44.2 Å². The fourth-order valence-electron chi connectivity index (χ4n) is 5.76. The standard InChI is InChI=1S/C30H27F2NO4/c1-17-4-3-5-21(16-17)27(34)24-25(18-8-12-22(31)13-9-18)30(2,29(36)37)33(28(35)20-6-7-20)26(24)19-10-14-23(32)15-11-19/h3-5,8-16,20,24-26H,6-7H2,1-2H3,(H,36,37). The van der Waals surface area contributed by atoms with E-state index in [0.29, 0.717) is 29.5 Å². The summed E-state index contributed by atoms with van der Waals surface area (Å²) in [5, 5.41) is 10.7. The number of aryl methyl sites for hydroxylation is 1. The molecule has 3 aromatic rings. The Hall–Kier alpha value is -3.87. The van der Waals surface area contributed by atoms with Crippen LogP contribution in [0.4, 0.5) is 8.78 Å². The molecule has 0 bridgehead atoms. The molecule has 2 fully saturated rings. The van der Waals surface area contributed by atoms with Crippen LogP contribution in [0.1, 0.15) is 58.8 Å². The van der Waals surface area contributed by atoms with Crippen LogP contribution in [-0.4, -0.2) is 33.2 Å². The maximum atomic E-state index is 14.3. The van der Waals surface area contributed by atoms with Gasteiger partial charge in [0.1, 0.15) is 17.2 Å². The van der Waals surface area contributed by atoms with Gasteiger partial charge in [-0.25, -0.2) is 13.6 Å². The first-order valence-electron chi connectivity index (χ1n) is 12.3. The van der Waals surface area contributed by atoms with E-state index in [1.54, 1.807) is 18.2 Å². The van der Waals surface area contributed by atoms with Crippen LogP contribution in [-0.2, 0) is 9.59 Å². The fourth-order valence-corrected chi connectivity index (χ4v) is 5.76. The highest BCUT2D eigenvalue weighted by Gasteiger charge is 2.65. The third-order valence-corrected chi connectivity index (χ3v) is 7.73. The van der Waals surface area contributed by atoms with E-state index in [-0.39, 0.29) is 17.6 Å². The molecule has 1 amide bonds. The number of carbonyl (C=O) groups excluding carboxylic acids is 2. The number of amides is 1. The lowest BCUT2D eigenvalue weighted by Crippen LogP contribution is -2.54. The summed E-state index contributed by atoms with van der Waals surface area (Å²) in [6.45, 7) is 3.31. The third kappa shape index (κ3) is 4.22. The van der Waals surface area contributed by atoms with Gasteiger partial charge in [0.25, 0.3) is 0 Å². The van der Waals surface area contributed by atoms with Gasteiger partial charge in [-0.05, 0) is 68.1 Å². The van der Waals surface area contributed by atoms with E-state index in [1.807, 2.05) is 13.0 Å². The molecule has 1 aliphatic heterocycles. The van der Waals surface area contributed by atoms with E-state index in [0.717, 1.165) is 5.56 Å². The minimum Gasteiger partial charge on any atom is -0.479 e. The normalized spacial score (nSPS) is 25.2. The Balaban J connectivity index is 1.79. The molecule has 3 aromatic carbocycles. The highest BCUT2D eigenvalue weighted by molar-refractivity contribution is 6.02. The molecule has 0 spiro atoms. The first-order chi connectivity index (χ1) is 17.6. The lowest BCUT2D eigenvalue weighted by molar-refractivity contribution is -0.158. The van der Waals surface area contributed by atoms with Crippen LogP contribution in [0.15, 0.2) is 72.8 Å². The highest BCUT2D eigenvalue weighted by atomic mass is 19.1. The second-order valence-electron chi connectivity index (χ2n) is 10.2. The van der Waals surface area contributed by atoms with E-state index >= 15 is 0 Å². The Kier molecular flexibility index (Phi) is 6.18. The van der Waals surface area contributed by atoms with Crippen molar-refractivity contribution in [3.8, 4) is 0 Å². The van der Waals surface area contributed by atoms with Crippen LogP contribution < -0.4 is 0 Å². The van der Waals surface area contributed by atoms with Crippen molar-refractivity contribution in [1.29, 1.82) is 0 Å². The maximum absolute atomic E-state index is 14.3. The zero-order valence-corrected chi connectivity index (χ0v) is 20.5. The van der Waals surface area contributed by atoms with Crippen molar-refractivity contribution in [2.24, 2.45) is 11.8 Å². The number of hydrogen-bond acceptors (Lipinski definition) is 3. The summed E-state index contributed by atoms with van der Waals surface area (Å²) in [7, 11) is 0. The molecule has 4 atom stereocenters. The number of nitrogens with zero attached hydrogens (tertiary/aromatic N) is 1. The van der Waals surface area contributed by atoms with Crippen LogP contribution in [0.3, 0.4) is 0 Å². The number of ketones is 1. The van der Waals surface area contributed by atoms with E-state index in [2.05, 4.69) is 0 Å². The molecule has 5 rings (SSSR count). The monoisotopic (exact) mass is 503 g/mol. The van der Waals surface area contributed by atoms with Crippen LogP contribution in [0.2, 0.25) is 0 Å². The summed E-state index contributed by atoms with van der Waals surface area (Å²) in [5.74, 6) is -5.25. The lowest BCUT2D eigenvalue weighted by atomic mass is 9.71. The van der Waals surface area contributed by atoms with Gasteiger partial charge in [0.05, 0.1) is 12.0 Å². The highest BCUT2D eigenvalue weighted by Crippen LogP contribution is 2.58. The molecule has 0 radical (unpaired) electrons. The van der Waals surface area contributed by atoms with Crippen molar-refractivity contribution in [3.63, 3.8) is 0 Å². The quantitative estimate of drug-likeness (QED) is 0.439. The molecular weight excluding hydrogens is 476 g/mol. The van der Waals surface area contributed by atoms with Gasteiger partial charge >= 0.3 is 5.97 Å². The Labute approximate surface area is 213 Å². The Morgan fingerprint density at radius 1 is 0.892 bits per heavy atom. The molecule has 2 aliphatic rings. The Morgan fingerprint density at radius 2 is 1.46 bits per heavy atom. The fraction of sp³-hybridized carbons (Fsp3) is 0.300. The minimum atomic E-state index is -1.82. The topological polar surface area (TPSA) is 74.7 Å². The number of likely N-dealkylation sites (tertiary alicyclic amines) is 1. The zero-order chi connectivity index (χ0) is 26.5. The smallest absolute Gasteiger partial charge is 0.330 e. The van der Waals surface area contributed by atoms with Crippen molar-refractivity contribution >= 4 is 17.7 Å². The van der Waals surface area contributed by atoms with Crippen molar-refractivity contribution in [2.75, 3.05) is 0 Å². The second kappa shape index (κ2) is 9.21. The molecular formula is C30H27F2NO4. The van der Waals surface area contributed by atoms with Crippen LogP contribution in [0, 0.1) is 30.4 Å².